The third kappa shape index (κ3) is 2.86. The summed E-state index contributed by atoms with van der Waals surface area (Å²) >= 11 is 1.63. The predicted octanol–water partition coefficient (Wildman–Crippen LogP) is 0.836. The molecule has 0 saturated carbocycles. The van der Waals surface area contributed by atoms with E-state index in [1.807, 2.05) is 19.1 Å². The fraction of sp³-hybridized carbons (Fsp3) is 0.429. The van der Waals surface area contributed by atoms with E-state index in [1.54, 1.807) is 11.8 Å². The van der Waals surface area contributed by atoms with Crippen LogP contribution in [0.4, 0.5) is 0 Å². The molecule has 4 heteroatoms. The van der Waals surface area contributed by atoms with Crippen LogP contribution in [-0.2, 0) is 0 Å². The zero-order valence-electron chi connectivity index (χ0n) is 6.45. The summed E-state index contributed by atoms with van der Waals surface area (Å²) in [7, 11) is 0. The molecular weight excluding hydrogens is 158 g/mol. The highest BCUT2D eigenvalue weighted by Gasteiger charge is 1.93. The molecule has 0 amide bonds. The monoisotopic (exact) mass is 169 g/mol. The molecule has 0 aromatic carbocycles. The first-order valence-electron chi connectivity index (χ1n) is 3.46. The zero-order valence-corrected chi connectivity index (χ0v) is 7.27. The Hall–Kier alpha value is -0.610. The lowest BCUT2D eigenvalue weighted by Gasteiger charge is -1.96. The fourth-order valence-electron chi connectivity index (χ4n) is 0.627. The van der Waals surface area contributed by atoms with Gasteiger partial charge in [0.05, 0.1) is 5.69 Å². The van der Waals surface area contributed by atoms with E-state index in [1.165, 1.54) is 0 Å². The minimum atomic E-state index is 0.681. The van der Waals surface area contributed by atoms with Crippen molar-refractivity contribution in [1.82, 2.24) is 10.2 Å². The van der Waals surface area contributed by atoms with Crippen molar-refractivity contribution in [2.45, 2.75) is 11.9 Å². The summed E-state index contributed by atoms with van der Waals surface area (Å²) < 4.78 is 0. The summed E-state index contributed by atoms with van der Waals surface area (Å²) in [5.41, 5.74) is 6.28. The second kappa shape index (κ2) is 4.31. The van der Waals surface area contributed by atoms with Crippen LogP contribution in [0, 0.1) is 6.92 Å². The average Bonchev–Trinajstić information content (AvgIpc) is 2.04. The normalized spacial score (nSPS) is 10.0. The Morgan fingerprint density at radius 1 is 1.45 bits per heavy atom. The van der Waals surface area contributed by atoms with Crippen LogP contribution >= 0.6 is 11.8 Å². The van der Waals surface area contributed by atoms with E-state index in [2.05, 4.69) is 10.2 Å². The van der Waals surface area contributed by atoms with Crippen LogP contribution < -0.4 is 5.73 Å². The van der Waals surface area contributed by atoms with Crippen molar-refractivity contribution in [2.75, 3.05) is 12.3 Å². The number of hydrogen-bond acceptors (Lipinski definition) is 4. The lowest BCUT2D eigenvalue weighted by atomic mass is 10.4. The van der Waals surface area contributed by atoms with E-state index >= 15 is 0 Å². The maximum atomic E-state index is 5.34. The number of aryl methyl sites for hydroxylation is 1. The molecule has 1 aromatic rings. The number of aromatic nitrogens is 2. The molecule has 0 saturated heterocycles. The Balaban J connectivity index is 2.52. The quantitative estimate of drug-likeness (QED) is 0.681. The molecule has 11 heavy (non-hydrogen) atoms. The number of nitrogens with two attached hydrogens (primary N) is 1. The molecule has 3 nitrogen and oxygen atoms in total. The van der Waals surface area contributed by atoms with E-state index in [0.717, 1.165) is 16.5 Å². The van der Waals surface area contributed by atoms with E-state index in [0.29, 0.717) is 6.54 Å². The fourth-order valence-corrected chi connectivity index (χ4v) is 1.22. The molecule has 2 N–H and O–H groups in total. The number of hydrogen-bond donors (Lipinski definition) is 1. The van der Waals surface area contributed by atoms with Crippen LogP contribution in [-0.4, -0.2) is 22.5 Å². The topological polar surface area (TPSA) is 51.8 Å². The first kappa shape index (κ1) is 8.49. The van der Waals surface area contributed by atoms with Gasteiger partial charge in [0.25, 0.3) is 0 Å². The molecule has 0 aliphatic carbocycles. The Morgan fingerprint density at radius 3 is 2.82 bits per heavy atom. The minimum Gasteiger partial charge on any atom is -0.330 e. The van der Waals surface area contributed by atoms with E-state index in [-0.39, 0.29) is 0 Å². The van der Waals surface area contributed by atoms with Gasteiger partial charge in [0.1, 0.15) is 5.03 Å². The first-order valence-corrected chi connectivity index (χ1v) is 4.44. The van der Waals surface area contributed by atoms with E-state index in [9.17, 15) is 0 Å². The molecule has 0 bridgehead atoms. The Labute approximate surface area is 70.4 Å². The Kier molecular flexibility index (Phi) is 3.32. The number of rotatable bonds is 3. The molecule has 0 fully saturated rings. The molecule has 60 valence electrons. The van der Waals surface area contributed by atoms with Gasteiger partial charge in [0.15, 0.2) is 0 Å². The van der Waals surface area contributed by atoms with Gasteiger partial charge in [-0.3, -0.25) is 0 Å². The lowest BCUT2D eigenvalue weighted by molar-refractivity contribution is 0.895. The standard InChI is InChI=1S/C7H11N3S/c1-6-2-3-7(10-9-6)11-5-4-8/h2-3H,4-5,8H2,1H3. The molecule has 1 rings (SSSR count). The Bertz CT molecular complexity index is 209. The van der Waals surface area contributed by atoms with Gasteiger partial charge in [-0.1, -0.05) is 0 Å². The molecule has 1 heterocycles. The van der Waals surface area contributed by atoms with Crippen molar-refractivity contribution in [2.24, 2.45) is 5.73 Å². The molecular formula is C7H11N3S. The summed E-state index contributed by atoms with van der Waals surface area (Å²) in [6, 6.07) is 3.91. The first-order chi connectivity index (χ1) is 5.33. The van der Waals surface area contributed by atoms with E-state index < -0.39 is 0 Å². The third-order valence-corrected chi connectivity index (χ3v) is 2.09. The lowest BCUT2D eigenvalue weighted by Crippen LogP contribution is -2.01. The van der Waals surface area contributed by atoms with Crippen LogP contribution in [0.2, 0.25) is 0 Å². The van der Waals surface area contributed by atoms with Gasteiger partial charge in [-0.25, -0.2) is 0 Å². The predicted molar refractivity (Wildman–Crippen MR) is 46.5 cm³/mol. The van der Waals surface area contributed by atoms with Crippen molar-refractivity contribution in [3.05, 3.63) is 17.8 Å². The maximum Gasteiger partial charge on any atom is 0.119 e. The highest BCUT2D eigenvalue weighted by molar-refractivity contribution is 7.99. The van der Waals surface area contributed by atoms with Crippen LogP contribution in [0.5, 0.6) is 0 Å². The van der Waals surface area contributed by atoms with Gasteiger partial charge >= 0.3 is 0 Å². The summed E-state index contributed by atoms with van der Waals surface area (Å²) in [6.07, 6.45) is 0. The van der Waals surface area contributed by atoms with Crippen LogP contribution in [0.3, 0.4) is 0 Å². The Morgan fingerprint density at radius 2 is 2.27 bits per heavy atom. The number of thioether (sulfide) groups is 1. The van der Waals surface area contributed by atoms with Crippen molar-refractivity contribution >= 4 is 11.8 Å². The highest BCUT2D eigenvalue weighted by Crippen LogP contribution is 2.12. The smallest absolute Gasteiger partial charge is 0.119 e. The van der Waals surface area contributed by atoms with Gasteiger partial charge in [-0.15, -0.1) is 16.9 Å². The highest BCUT2D eigenvalue weighted by atomic mass is 32.2. The summed E-state index contributed by atoms with van der Waals surface area (Å²) in [6.45, 7) is 2.60. The number of nitrogens with zero attached hydrogens (tertiary/aromatic N) is 2. The summed E-state index contributed by atoms with van der Waals surface area (Å²) in [5, 5.41) is 8.84. The molecule has 0 spiro atoms. The average molecular weight is 169 g/mol. The van der Waals surface area contributed by atoms with Gasteiger partial charge in [0, 0.05) is 12.3 Å². The van der Waals surface area contributed by atoms with Crippen LogP contribution in [0.1, 0.15) is 5.69 Å². The largest absolute Gasteiger partial charge is 0.330 e. The molecule has 0 unspecified atom stereocenters. The van der Waals surface area contributed by atoms with Crippen molar-refractivity contribution in [3.63, 3.8) is 0 Å². The molecule has 0 aliphatic heterocycles. The summed E-state index contributed by atoms with van der Waals surface area (Å²) in [5.74, 6) is 0.901. The van der Waals surface area contributed by atoms with Crippen molar-refractivity contribution in [1.29, 1.82) is 0 Å². The molecule has 1 aromatic heterocycles. The van der Waals surface area contributed by atoms with Gasteiger partial charge in [-0.2, -0.15) is 5.10 Å². The van der Waals surface area contributed by atoms with Crippen molar-refractivity contribution < 1.29 is 0 Å². The van der Waals surface area contributed by atoms with Gasteiger partial charge in [-0.05, 0) is 19.1 Å². The van der Waals surface area contributed by atoms with Crippen LogP contribution in [0.15, 0.2) is 17.2 Å². The van der Waals surface area contributed by atoms with E-state index in [4.69, 9.17) is 5.73 Å². The molecule has 0 aliphatic rings. The minimum absolute atomic E-state index is 0.681. The van der Waals surface area contributed by atoms with Gasteiger partial charge in [0.2, 0.25) is 0 Å². The summed E-state index contributed by atoms with van der Waals surface area (Å²) in [4.78, 5) is 0. The zero-order chi connectivity index (χ0) is 8.10. The maximum absolute atomic E-state index is 5.34. The second-order valence-electron chi connectivity index (χ2n) is 2.15. The second-order valence-corrected chi connectivity index (χ2v) is 3.27. The molecule has 0 radical (unpaired) electrons. The van der Waals surface area contributed by atoms with Crippen LogP contribution in [0.25, 0.3) is 0 Å². The third-order valence-electron chi connectivity index (χ3n) is 1.14. The van der Waals surface area contributed by atoms with Gasteiger partial charge < -0.3 is 5.73 Å². The SMILES string of the molecule is Cc1ccc(SCCN)nn1. The van der Waals surface area contributed by atoms with Crippen molar-refractivity contribution in [3.8, 4) is 0 Å². The molecule has 0 atom stereocenters.